The van der Waals surface area contributed by atoms with Crippen LogP contribution in [0, 0.1) is 0 Å². The highest BCUT2D eigenvalue weighted by molar-refractivity contribution is 5.76. The summed E-state index contributed by atoms with van der Waals surface area (Å²) in [6, 6.07) is -0.798. The van der Waals surface area contributed by atoms with E-state index < -0.39 is 49.5 Å². The largest absolute Gasteiger partial charge is 0.394 e. The van der Waals surface area contributed by atoms with E-state index in [1.54, 1.807) is 6.08 Å². The van der Waals surface area contributed by atoms with Crippen LogP contribution in [-0.2, 0) is 14.3 Å². The van der Waals surface area contributed by atoms with Gasteiger partial charge < -0.3 is 40.3 Å². The van der Waals surface area contributed by atoms with Crippen molar-refractivity contribution in [3.05, 3.63) is 12.2 Å². The molecule has 1 amide bonds. The summed E-state index contributed by atoms with van der Waals surface area (Å²) in [4.78, 5) is 13.0. The lowest BCUT2D eigenvalue weighted by molar-refractivity contribution is -0.302. The fourth-order valence-electron chi connectivity index (χ4n) is 7.75. The summed E-state index contributed by atoms with van der Waals surface area (Å²) in [5.41, 5.74) is 0. The molecule has 1 heterocycles. The normalized spacial score (nSPS) is 21.2. The molecule has 0 saturated carbocycles. The maximum atomic E-state index is 13.0. The lowest BCUT2D eigenvalue weighted by Gasteiger charge is -2.40. The average molecular weight is 798 g/mol. The average Bonchev–Trinajstić information content (AvgIpc) is 3.20. The summed E-state index contributed by atoms with van der Waals surface area (Å²) in [7, 11) is 0. The molecule has 0 aromatic heterocycles. The fraction of sp³-hybridized carbons (Fsp3) is 0.936. The third-order valence-electron chi connectivity index (χ3n) is 11.6. The summed E-state index contributed by atoms with van der Waals surface area (Å²) in [6.45, 7) is 3.78. The topological polar surface area (TPSA) is 149 Å². The van der Waals surface area contributed by atoms with Gasteiger partial charge in [-0.25, -0.2) is 0 Å². The predicted molar refractivity (Wildman–Crippen MR) is 231 cm³/mol. The number of carbonyl (C=O) groups is 1. The van der Waals surface area contributed by atoms with Crippen molar-refractivity contribution in [2.45, 2.75) is 269 Å². The van der Waals surface area contributed by atoms with Crippen molar-refractivity contribution in [3.8, 4) is 0 Å². The van der Waals surface area contributed by atoms with Gasteiger partial charge in [-0.2, -0.15) is 0 Å². The van der Waals surface area contributed by atoms with Crippen LogP contribution < -0.4 is 5.32 Å². The van der Waals surface area contributed by atoms with Crippen LogP contribution >= 0.6 is 0 Å². The van der Waals surface area contributed by atoms with Crippen LogP contribution in [0.25, 0.3) is 0 Å². The molecule has 0 aliphatic carbocycles. The Kier molecular flexibility index (Phi) is 36.1. The Morgan fingerprint density at radius 2 is 0.982 bits per heavy atom. The molecule has 7 atom stereocenters. The zero-order chi connectivity index (χ0) is 40.9. The molecular formula is C47H91NO8. The molecule has 0 spiro atoms. The third kappa shape index (κ3) is 28.4. The lowest BCUT2D eigenvalue weighted by Crippen LogP contribution is -2.60. The molecule has 9 nitrogen and oxygen atoms in total. The SMILES string of the molecule is CCCCCCCCCCCCCC=CC(O)C(COC1OC(CO)C(O)C(O)C1O)NC(=O)CCCCCCCCCCCCCCCCCCCCCC. The van der Waals surface area contributed by atoms with Gasteiger partial charge in [-0.05, 0) is 19.3 Å². The Labute approximate surface area is 344 Å². The standard InChI is InChI=1S/C47H91NO8/c1-3-5-7-9-11-13-15-17-18-19-20-21-22-23-25-27-29-31-33-35-37-43(51)48-40(39-55-47-46(54)45(53)44(52)42(38-49)56-47)41(50)36-34-32-30-28-26-24-16-14-12-10-8-6-4-2/h34,36,40-42,44-47,49-50,52-54H,3-33,35,37-39H2,1-2H3,(H,48,51). The van der Waals surface area contributed by atoms with E-state index >= 15 is 0 Å². The van der Waals surface area contributed by atoms with Crippen LogP contribution in [0.2, 0.25) is 0 Å². The Morgan fingerprint density at radius 1 is 0.589 bits per heavy atom. The van der Waals surface area contributed by atoms with Gasteiger partial charge in [-0.3, -0.25) is 4.79 Å². The van der Waals surface area contributed by atoms with Crippen molar-refractivity contribution in [2.24, 2.45) is 0 Å². The van der Waals surface area contributed by atoms with Crippen molar-refractivity contribution in [3.63, 3.8) is 0 Å². The van der Waals surface area contributed by atoms with Crippen molar-refractivity contribution in [2.75, 3.05) is 13.2 Å². The van der Waals surface area contributed by atoms with E-state index in [1.807, 2.05) is 6.08 Å². The second-order valence-corrected chi connectivity index (χ2v) is 16.9. The van der Waals surface area contributed by atoms with Gasteiger partial charge in [0.2, 0.25) is 5.91 Å². The summed E-state index contributed by atoms with van der Waals surface area (Å²) in [6.07, 6.45) is 36.8. The highest BCUT2D eigenvalue weighted by atomic mass is 16.7. The monoisotopic (exact) mass is 798 g/mol. The first-order valence-electron chi connectivity index (χ1n) is 23.9. The first kappa shape index (κ1) is 52.9. The predicted octanol–water partition coefficient (Wildman–Crippen LogP) is 10.1. The molecule has 56 heavy (non-hydrogen) atoms. The lowest BCUT2D eigenvalue weighted by atomic mass is 9.99. The molecule has 0 aromatic carbocycles. The van der Waals surface area contributed by atoms with E-state index in [0.29, 0.717) is 6.42 Å². The first-order valence-corrected chi connectivity index (χ1v) is 23.9. The number of allylic oxidation sites excluding steroid dienone is 1. The van der Waals surface area contributed by atoms with E-state index in [9.17, 15) is 30.3 Å². The second-order valence-electron chi connectivity index (χ2n) is 16.9. The van der Waals surface area contributed by atoms with Crippen LogP contribution in [-0.4, -0.2) is 87.5 Å². The van der Waals surface area contributed by atoms with Crippen LogP contribution in [0.15, 0.2) is 12.2 Å². The number of aliphatic hydroxyl groups excluding tert-OH is 5. The second kappa shape index (κ2) is 38.2. The van der Waals surface area contributed by atoms with E-state index in [2.05, 4.69) is 19.2 Å². The molecular weight excluding hydrogens is 707 g/mol. The van der Waals surface area contributed by atoms with Gasteiger partial charge in [-0.1, -0.05) is 212 Å². The minimum atomic E-state index is -1.56. The minimum absolute atomic E-state index is 0.173. The van der Waals surface area contributed by atoms with Gasteiger partial charge in [0.05, 0.1) is 25.4 Å². The molecule has 0 aromatic rings. The number of carbonyl (C=O) groups excluding carboxylic acids is 1. The van der Waals surface area contributed by atoms with E-state index in [0.717, 1.165) is 38.5 Å². The molecule has 7 unspecified atom stereocenters. The van der Waals surface area contributed by atoms with Crippen LogP contribution in [0.3, 0.4) is 0 Å². The Bertz CT molecular complexity index is 888. The van der Waals surface area contributed by atoms with Gasteiger partial charge in [0.25, 0.3) is 0 Å². The number of ether oxygens (including phenoxy) is 2. The molecule has 332 valence electrons. The minimum Gasteiger partial charge on any atom is -0.394 e. The van der Waals surface area contributed by atoms with Gasteiger partial charge in [0, 0.05) is 6.42 Å². The summed E-state index contributed by atoms with van der Waals surface area (Å²) in [5, 5.41) is 54.2. The van der Waals surface area contributed by atoms with Gasteiger partial charge >= 0.3 is 0 Å². The molecule has 1 saturated heterocycles. The fourth-order valence-corrected chi connectivity index (χ4v) is 7.75. The molecule has 9 heteroatoms. The van der Waals surface area contributed by atoms with Crippen LogP contribution in [0.4, 0.5) is 0 Å². The molecule has 1 fully saturated rings. The van der Waals surface area contributed by atoms with Crippen LogP contribution in [0.5, 0.6) is 0 Å². The summed E-state index contributed by atoms with van der Waals surface area (Å²) < 4.78 is 11.2. The zero-order valence-corrected chi connectivity index (χ0v) is 36.4. The number of amides is 1. The third-order valence-corrected chi connectivity index (χ3v) is 11.6. The summed E-state index contributed by atoms with van der Waals surface area (Å²) >= 11 is 0. The van der Waals surface area contributed by atoms with Crippen molar-refractivity contribution >= 4 is 5.91 Å². The maximum absolute atomic E-state index is 13.0. The van der Waals surface area contributed by atoms with Crippen molar-refractivity contribution < 1.29 is 39.8 Å². The van der Waals surface area contributed by atoms with E-state index in [1.165, 1.54) is 167 Å². The number of hydrogen-bond donors (Lipinski definition) is 6. The number of rotatable bonds is 40. The zero-order valence-electron chi connectivity index (χ0n) is 36.4. The summed E-state index contributed by atoms with van der Waals surface area (Å²) in [5.74, 6) is -0.173. The number of nitrogens with one attached hydrogen (secondary N) is 1. The van der Waals surface area contributed by atoms with E-state index in [4.69, 9.17) is 9.47 Å². The van der Waals surface area contributed by atoms with Gasteiger partial charge in [-0.15, -0.1) is 0 Å². The Morgan fingerprint density at radius 3 is 1.39 bits per heavy atom. The number of aliphatic hydroxyl groups is 5. The molecule has 0 bridgehead atoms. The van der Waals surface area contributed by atoms with E-state index in [-0.39, 0.29) is 12.5 Å². The number of unbranched alkanes of at least 4 members (excludes halogenated alkanes) is 30. The highest BCUT2D eigenvalue weighted by Gasteiger charge is 2.44. The van der Waals surface area contributed by atoms with Gasteiger partial charge in [0.1, 0.15) is 24.4 Å². The maximum Gasteiger partial charge on any atom is 0.220 e. The molecule has 6 N–H and O–H groups in total. The van der Waals surface area contributed by atoms with Crippen molar-refractivity contribution in [1.29, 1.82) is 0 Å². The molecule has 1 aliphatic rings. The molecule has 0 radical (unpaired) electrons. The molecule has 1 aliphatic heterocycles. The quantitative estimate of drug-likeness (QED) is 0.0265. The van der Waals surface area contributed by atoms with Gasteiger partial charge in [0.15, 0.2) is 6.29 Å². The van der Waals surface area contributed by atoms with Crippen molar-refractivity contribution in [1.82, 2.24) is 5.32 Å². The highest BCUT2D eigenvalue weighted by Crippen LogP contribution is 2.23. The Hall–Kier alpha value is -1.07. The smallest absolute Gasteiger partial charge is 0.220 e. The van der Waals surface area contributed by atoms with Crippen LogP contribution in [0.1, 0.15) is 226 Å². The Balaban J connectivity index is 2.29. The number of hydrogen-bond acceptors (Lipinski definition) is 8. The first-order chi connectivity index (χ1) is 27.3. The molecule has 1 rings (SSSR count).